The highest BCUT2D eigenvalue weighted by Crippen LogP contribution is 2.83. The third-order valence-corrected chi connectivity index (χ3v) is 13.3. The normalized spacial score (nSPS) is 37.9. The van der Waals surface area contributed by atoms with Gasteiger partial charge in [0.15, 0.2) is 0 Å². The van der Waals surface area contributed by atoms with Crippen molar-refractivity contribution in [2.75, 3.05) is 28.2 Å². The molecule has 0 saturated heterocycles. The van der Waals surface area contributed by atoms with Crippen LogP contribution in [-0.4, -0.2) is 37.5 Å². The molecule has 0 amide bonds. The summed E-state index contributed by atoms with van der Waals surface area (Å²) >= 11 is 12.1. The number of nitrogens with zero attached hydrogens (tertiary/aromatic N) is 5. The molecule has 16 heavy (non-hydrogen) atoms. The molecule has 0 aromatic heterocycles. The molecule has 0 aromatic rings. The first-order chi connectivity index (χ1) is 7.01. The summed E-state index contributed by atoms with van der Waals surface area (Å²) in [6.07, 6.45) is 0. The molecule has 1 aliphatic heterocycles. The first-order valence-corrected chi connectivity index (χ1v) is 10.6. The molecule has 2 atom stereocenters. The molecule has 1 aliphatic rings. The Balaban J connectivity index is 3.56. The Morgan fingerprint density at radius 2 is 1.19 bits per heavy atom. The van der Waals surface area contributed by atoms with Crippen LogP contribution in [0.25, 0.3) is 0 Å². The standard InChI is InChI=1S/C4H12Cl2F2N5P3/c1-12(2)14(5)9-15(6,13(3)4)11-16(7,8)10-14/h1-4H3/t14-,15-/m0/s1. The van der Waals surface area contributed by atoms with Gasteiger partial charge < -0.3 is 0 Å². The summed E-state index contributed by atoms with van der Waals surface area (Å²) < 4.78 is 40.3. The summed E-state index contributed by atoms with van der Waals surface area (Å²) in [6, 6.07) is 0. The first kappa shape index (κ1) is 15.1. The van der Waals surface area contributed by atoms with E-state index in [0.29, 0.717) is 0 Å². The van der Waals surface area contributed by atoms with Crippen molar-refractivity contribution in [1.29, 1.82) is 0 Å². The summed E-state index contributed by atoms with van der Waals surface area (Å²) in [5.74, 6) is 0. The Kier molecular flexibility index (Phi) is 4.36. The van der Waals surface area contributed by atoms with Gasteiger partial charge in [0.2, 0.25) is 13.4 Å². The summed E-state index contributed by atoms with van der Waals surface area (Å²) in [4.78, 5) is 0. The van der Waals surface area contributed by atoms with Crippen LogP contribution in [0, 0.1) is 0 Å². The molecule has 0 unspecified atom stereocenters. The molecule has 1 rings (SSSR count). The average Bonchev–Trinajstić information content (AvgIpc) is 1.98. The lowest BCUT2D eigenvalue weighted by Gasteiger charge is -2.29. The minimum Gasteiger partial charge on any atom is -0.246 e. The molecule has 0 aromatic carbocycles. The van der Waals surface area contributed by atoms with Crippen LogP contribution in [0.5, 0.6) is 0 Å². The van der Waals surface area contributed by atoms with Gasteiger partial charge in [-0.25, -0.2) is 9.34 Å². The van der Waals surface area contributed by atoms with Crippen LogP contribution in [0.1, 0.15) is 0 Å². The maximum Gasteiger partial charge on any atom is 0.421 e. The van der Waals surface area contributed by atoms with Gasteiger partial charge >= 0.3 is 7.83 Å². The van der Waals surface area contributed by atoms with Gasteiger partial charge in [-0.05, 0) is 50.7 Å². The fraction of sp³-hybridized carbons (Fsp3) is 1.00. The summed E-state index contributed by atoms with van der Waals surface area (Å²) in [6.45, 7) is -6.19. The van der Waals surface area contributed by atoms with Crippen LogP contribution in [0.2, 0.25) is 0 Å². The van der Waals surface area contributed by atoms with E-state index in [0.717, 1.165) is 0 Å². The minimum atomic E-state index is -4.78. The molecule has 0 fully saturated rings. The zero-order chi connectivity index (χ0) is 12.8. The zero-order valence-corrected chi connectivity index (χ0v) is 13.3. The highest BCUT2D eigenvalue weighted by atomic mass is 35.7. The van der Waals surface area contributed by atoms with Crippen molar-refractivity contribution in [1.82, 2.24) is 9.34 Å². The quantitative estimate of drug-likeness (QED) is 0.637. The Morgan fingerprint density at radius 3 is 1.56 bits per heavy atom. The fourth-order valence-corrected chi connectivity index (χ4v) is 11.6. The van der Waals surface area contributed by atoms with Crippen molar-refractivity contribution >= 4 is 43.7 Å². The first-order valence-electron chi connectivity index (χ1n) is 4.06. The van der Waals surface area contributed by atoms with E-state index in [2.05, 4.69) is 13.5 Å². The number of hydrogen-bond donors (Lipinski definition) is 0. The number of rotatable bonds is 2. The van der Waals surface area contributed by atoms with Crippen LogP contribution in [0.15, 0.2) is 13.5 Å². The summed E-state index contributed by atoms with van der Waals surface area (Å²) in [7, 11) is 1.43. The average molecular weight is 332 g/mol. The molecule has 0 saturated carbocycles. The second-order valence-corrected chi connectivity index (χ2v) is 12.8. The third-order valence-electron chi connectivity index (χ3n) is 1.69. The Bertz CT molecular complexity index is 441. The van der Waals surface area contributed by atoms with Crippen molar-refractivity contribution in [3.63, 3.8) is 0 Å². The van der Waals surface area contributed by atoms with E-state index in [1.165, 1.54) is 9.34 Å². The summed E-state index contributed by atoms with van der Waals surface area (Å²) in [5, 5.41) is 0. The van der Waals surface area contributed by atoms with Gasteiger partial charge in [0.05, 0.1) is 0 Å². The molecule has 0 bridgehead atoms. The summed E-state index contributed by atoms with van der Waals surface area (Å²) in [5.41, 5.74) is 0. The van der Waals surface area contributed by atoms with Crippen LogP contribution in [0.3, 0.4) is 0 Å². The minimum absolute atomic E-state index is 1.39. The molecule has 5 nitrogen and oxygen atoms in total. The lowest BCUT2D eigenvalue weighted by Crippen LogP contribution is -2.07. The smallest absolute Gasteiger partial charge is 0.246 e. The van der Waals surface area contributed by atoms with E-state index in [4.69, 9.17) is 22.5 Å². The SMILES string of the molecule is CN(C)[P@]1(Cl)=NP(F)(F)=N[P@@](Cl)(N(C)C)=N1. The molecule has 96 valence electrons. The Hall–Kier alpha value is 1.05. The van der Waals surface area contributed by atoms with E-state index in [-0.39, 0.29) is 0 Å². The molecule has 1 heterocycles. The van der Waals surface area contributed by atoms with E-state index >= 15 is 0 Å². The monoisotopic (exact) mass is 331 g/mol. The molecular weight excluding hydrogens is 320 g/mol. The molecule has 12 heteroatoms. The maximum absolute atomic E-state index is 13.5. The van der Waals surface area contributed by atoms with Gasteiger partial charge in [-0.1, -0.05) is 0 Å². The maximum atomic E-state index is 13.5. The van der Waals surface area contributed by atoms with Crippen molar-refractivity contribution in [2.45, 2.75) is 0 Å². The topological polar surface area (TPSA) is 43.6 Å². The van der Waals surface area contributed by atoms with Crippen molar-refractivity contribution in [3.8, 4) is 0 Å². The Labute approximate surface area is 103 Å². The molecule has 0 spiro atoms. The highest BCUT2D eigenvalue weighted by Gasteiger charge is 2.38. The lowest BCUT2D eigenvalue weighted by molar-refractivity contribution is 0.661. The van der Waals surface area contributed by atoms with E-state index in [9.17, 15) is 8.39 Å². The van der Waals surface area contributed by atoms with Crippen LogP contribution in [-0.2, 0) is 0 Å². The number of hydrogen-bond acceptors (Lipinski definition) is 5. The van der Waals surface area contributed by atoms with Crippen LogP contribution in [0.4, 0.5) is 8.39 Å². The molecule has 0 radical (unpaired) electrons. The molecular formula is C4H12Cl2F2N5P3. The van der Waals surface area contributed by atoms with Gasteiger partial charge in [-0.2, -0.15) is 13.5 Å². The van der Waals surface area contributed by atoms with Gasteiger partial charge in [-0.15, -0.1) is 8.39 Å². The predicted molar refractivity (Wildman–Crippen MR) is 69.3 cm³/mol. The zero-order valence-electron chi connectivity index (χ0n) is 9.09. The van der Waals surface area contributed by atoms with E-state index < -0.39 is 21.2 Å². The van der Waals surface area contributed by atoms with Gasteiger partial charge in [0.25, 0.3) is 0 Å². The largest absolute Gasteiger partial charge is 0.421 e. The van der Waals surface area contributed by atoms with Crippen molar-refractivity contribution in [2.24, 2.45) is 13.5 Å². The van der Waals surface area contributed by atoms with Gasteiger partial charge in [0, 0.05) is 0 Å². The fourth-order valence-electron chi connectivity index (χ4n) is 0.792. The lowest BCUT2D eigenvalue weighted by atomic mass is 11.3. The van der Waals surface area contributed by atoms with Gasteiger partial charge in [0.1, 0.15) is 0 Å². The van der Waals surface area contributed by atoms with Crippen molar-refractivity contribution < 1.29 is 8.39 Å². The van der Waals surface area contributed by atoms with E-state index in [1.807, 2.05) is 0 Å². The van der Waals surface area contributed by atoms with Crippen LogP contribution < -0.4 is 0 Å². The predicted octanol–water partition coefficient (Wildman–Crippen LogP) is 5.38. The van der Waals surface area contributed by atoms with Gasteiger partial charge in [-0.3, -0.25) is 0 Å². The second kappa shape index (κ2) is 4.62. The number of halogens is 4. The van der Waals surface area contributed by atoms with E-state index in [1.54, 1.807) is 28.2 Å². The highest BCUT2D eigenvalue weighted by molar-refractivity contribution is 8.02. The van der Waals surface area contributed by atoms with Crippen LogP contribution >= 0.6 is 43.7 Å². The van der Waals surface area contributed by atoms with Crippen molar-refractivity contribution in [3.05, 3.63) is 0 Å². The Morgan fingerprint density at radius 1 is 0.812 bits per heavy atom. The molecule has 0 aliphatic carbocycles. The molecule has 0 N–H and O–H groups in total. The third kappa shape index (κ3) is 3.08. The second-order valence-electron chi connectivity index (χ2n) is 3.41.